The molecular formula is C46H84NO8P. The number of rotatable bonds is 40. The number of hydrogen-bond acceptors (Lipinski definition) is 8. The van der Waals surface area contributed by atoms with E-state index in [1.165, 1.54) is 83.5 Å². The summed E-state index contributed by atoms with van der Waals surface area (Å²) in [7, 11) is 1.14. The van der Waals surface area contributed by atoms with Crippen LogP contribution in [0.3, 0.4) is 0 Å². The van der Waals surface area contributed by atoms with Crippen molar-refractivity contribution in [2.45, 2.75) is 187 Å². The molecular weight excluding hydrogens is 725 g/mol. The molecule has 0 aromatic heterocycles. The van der Waals surface area contributed by atoms with E-state index in [4.69, 9.17) is 18.5 Å². The molecule has 0 aliphatic rings. The van der Waals surface area contributed by atoms with E-state index in [0.29, 0.717) is 23.9 Å². The molecule has 2 atom stereocenters. The molecule has 0 N–H and O–H groups in total. The van der Waals surface area contributed by atoms with Gasteiger partial charge in [-0.05, 0) is 77.0 Å². The Morgan fingerprint density at radius 2 is 0.964 bits per heavy atom. The van der Waals surface area contributed by atoms with Crippen molar-refractivity contribution in [3.05, 3.63) is 48.6 Å². The van der Waals surface area contributed by atoms with Gasteiger partial charge in [-0.2, -0.15) is 0 Å². The van der Waals surface area contributed by atoms with Crippen LogP contribution in [-0.4, -0.2) is 70.0 Å². The molecule has 1 unspecified atom stereocenters. The quantitative estimate of drug-likeness (QED) is 0.0198. The Morgan fingerprint density at radius 3 is 1.48 bits per heavy atom. The molecule has 0 saturated heterocycles. The molecule has 0 spiro atoms. The molecule has 0 aromatic carbocycles. The second-order valence-electron chi connectivity index (χ2n) is 16.1. The van der Waals surface area contributed by atoms with E-state index in [0.717, 1.165) is 57.8 Å². The van der Waals surface area contributed by atoms with Gasteiger partial charge in [0.15, 0.2) is 6.10 Å². The van der Waals surface area contributed by atoms with E-state index >= 15 is 0 Å². The van der Waals surface area contributed by atoms with Gasteiger partial charge < -0.3 is 27.9 Å². The molecule has 0 aromatic rings. The van der Waals surface area contributed by atoms with Gasteiger partial charge in [0, 0.05) is 12.8 Å². The molecule has 10 heteroatoms. The number of phosphoric acid groups is 1. The predicted octanol–water partition coefficient (Wildman–Crippen LogP) is 12.1. The summed E-state index contributed by atoms with van der Waals surface area (Å²) in [5, 5.41) is 0. The largest absolute Gasteiger partial charge is 0.756 e. The van der Waals surface area contributed by atoms with Gasteiger partial charge in [0.05, 0.1) is 27.7 Å². The van der Waals surface area contributed by atoms with Crippen molar-refractivity contribution in [1.29, 1.82) is 0 Å². The highest BCUT2D eigenvalue weighted by molar-refractivity contribution is 7.45. The van der Waals surface area contributed by atoms with Gasteiger partial charge >= 0.3 is 11.9 Å². The number of likely N-dealkylation sites (N-methyl/N-ethyl adjacent to an activating group) is 1. The number of carbonyl (C=O) groups excluding carboxylic acids is 2. The summed E-state index contributed by atoms with van der Waals surface area (Å²) in [5.74, 6) is -0.883. The van der Waals surface area contributed by atoms with Crippen molar-refractivity contribution < 1.29 is 42.1 Å². The number of esters is 2. The number of unbranched alkanes of at least 4 members (excludes halogenated alkanes) is 18. The Hall–Kier alpha value is -2.03. The van der Waals surface area contributed by atoms with Gasteiger partial charge in [-0.25, -0.2) is 0 Å². The maximum atomic E-state index is 12.7. The van der Waals surface area contributed by atoms with E-state index in [-0.39, 0.29) is 26.1 Å². The van der Waals surface area contributed by atoms with Gasteiger partial charge in [0.1, 0.15) is 19.8 Å². The molecule has 56 heavy (non-hydrogen) atoms. The summed E-state index contributed by atoms with van der Waals surface area (Å²) in [5.41, 5.74) is 0. The maximum Gasteiger partial charge on any atom is 0.306 e. The Balaban J connectivity index is 4.41. The summed E-state index contributed by atoms with van der Waals surface area (Å²) in [6.07, 6.45) is 44.2. The van der Waals surface area contributed by atoms with E-state index in [1.54, 1.807) is 0 Å². The fourth-order valence-corrected chi connectivity index (χ4v) is 6.50. The Bertz CT molecular complexity index is 1100. The Kier molecular flexibility index (Phi) is 37.1. The molecule has 0 aliphatic carbocycles. The first-order valence-electron chi connectivity index (χ1n) is 22.3. The van der Waals surface area contributed by atoms with Crippen LogP contribution in [0.4, 0.5) is 0 Å². The number of nitrogens with zero attached hydrogens (tertiary/aromatic N) is 1. The zero-order valence-electron chi connectivity index (χ0n) is 36.6. The lowest BCUT2D eigenvalue weighted by Gasteiger charge is -2.28. The standard InChI is InChI=1S/C46H84NO8P/c1-6-8-10-12-14-16-18-20-22-23-25-26-28-30-32-34-36-38-45(48)52-42-44(43-54-56(50,51)53-41-40-47(3,4)5)55-46(49)39-37-35-33-31-29-27-24-21-19-17-15-13-11-9-7-2/h14,16,20-22,24,29,31,44H,6-13,15,17-19,23,25-28,30,32-43H2,1-5H3/b16-14+,22-20+,24-21+,31-29+/t44-/m1/s1. The maximum absolute atomic E-state index is 12.7. The highest BCUT2D eigenvalue weighted by atomic mass is 31.2. The predicted molar refractivity (Wildman–Crippen MR) is 231 cm³/mol. The van der Waals surface area contributed by atoms with E-state index in [9.17, 15) is 19.0 Å². The Morgan fingerprint density at radius 1 is 0.554 bits per heavy atom. The number of phosphoric ester groups is 1. The molecule has 0 bridgehead atoms. The Labute approximate surface area is 343 Å². The zero-order valence-corrected chi connectivity index (χ0v) is 37.5. The van der Waals surface area contributed by atoms with Gasteiger partial charge in [-0.3, -0.25) is 14.2 Å². The molecule has 0 aliphatic heterocycles. The van der Waals surface area contributed by atoms with Crippen LogP contribution >= 0.6 is 7.82 Å². The molecule has 0 amide bonds. The fourth-order valence-electron chi connectivity index (χ4n) is 5.77. The van der Waals surface area contributed by atoms with Crippen molar-refractivity contribution >= 4 is 19.8 Å². The van der Waals surface area contributed by atoms with Crippen molar-refractivity contribution in [3.8, 4) is 0 Å². The van der Waals surface area contributed by atoms with E-state index in [2.05, 4.69) is 62.5 Å². The highest BCUT2D eigenvalue weighted by Gasteiger charge is 2.21. The third kappa shape index (κ3) is 41.6. The van der Waals surface area contributed by atoms with E-state index in [1.807, 2.05) is 21.1 Å². The minimum Gasteiger partial charge on any atom is -0.756 e. The average molecular weight is 810 g/mol. The smallest absolute Gasteiger partial charge is 0.306 e. The normalized spacial score (nSPS) is 14.0. The summed E-state index contributed by atoms with van der Waals surface area (Å²) in [6, 6.07) is 0. The summed E-state index contributed by atoms with van der Waals surface area (Å²) in [6.45, 7) is 4.14. The molecule has 0 fully saturated rings. The minimum absolute atomic E-state index is 0.0393. The second kappa shape index (κ2) is 38.5. The van der Waals surface area contributed by atoms with Gasteiger partial charge in [0.2, 0.25) is 0 Å². The van der Waals surface area contributed by atoms with Crippen LogP contribution in [0, 0.1) is 0 Å². The van der Waals surface area contributed by atoms with Gasteiger partial charge in [-0.15, -0.1) is 0 Å². The minimum atomic E-state index is -4.64. The van der Waals surface area contributed by atoms with Crippen LogP contribution in [0.15, 0.2) is 48.6 Å². The molecule has 326 valence electrons. The molecule has 0 saturated carbocycles. The van der Waals surface area contributed by atoms with Crippen LogP contribution in [0.5, 0.6) is 0 Å². The number of carbonyl (C=O) groups is 2. The third-order valence-electron chi connectivity index (χ3n) is 9.32. The first-order valence-corrected chi connectivity index (χ1v) is 23.8. The molecule has 9 nitrogen and oxygen atoms in total. The lowest BCUT2D eigenvalue weighted by atomic mass is 10.1. The van der Waals surface area contributed by atoms with Crippen molar-refractivity contribution in [2.24, 2.45) is 0 Å². The van der Waals surface area contributed by atoms with Crippen LogP contribution in [0.1, 0.15) is 181 Å². The van der Waals surface area contributed by atoms with Gasteiger partial charge in [0.25, 0.3) is 7.82 Å². The fraction of sp³-hybridized carbons (Fsp3) is 0.783. The summed E-state index contributed by atoms with van der Waals surface area (Å²) >= 11 is 0. The first-order chi connectivity index (χ1) is 27.0. The molecule has 0 rings (SSSR count). The molecule has 0 radical (unpaired) electrons. The third-order valence-corrected chi connectivity index (χ3v) is 10.3. The lowest BCUT2D eigenvalue weighted by Crippen LogP contribution is -2.37. The highest BCUT2D eigenvalue weighted by Crippen LogP contribution is 2.38. The van der Waals surface area contributed by atoms with E-state index < -0.39 is 32.5 Å². The summed E-state index contributed by atoms with van der Waals surface area (Å²) in [4.78, 5) is 37.5. The van der Waals surface area contributed by atoms with Crippen LogP contribution in [0.2, 0.25) is 0 Å². The van der Waals surface area contributed by atoms with Crippen LogP contribution < -0.4 is 4.89 Å². The topological polar surface area (TPSA) is 111 Å². The monoisotopic (exact) mass is 810 g/mol. The van der Waals surface area contributed by atoms with Crippen LogP contribution in [0.25, 0.3) is 0 Å². The van der Waals surface area contributed by atoms with Crippen molar-refractivity contribution in [3.63, 3.8) is 0 Å². The lowest BCUT2D eigenvalue weighted by molar-refractivity contribution is -0.870. The summed E-state index contributed by atoms with van der Waals surface area (Å²) < 4.78 is 33.9. The first kappa shape index (κ1) is 54.0. The van der Waals surface area contributed by atoms with Crippen LogP contribution in [-0.2, 0) is 32.7 Å². The zero-order chi connectivity index (χ0) is 41.4. The SMILES string of the molecule is CCCCC/C=C/C/C=C/CCCCCCCCCC(=O)OC[C@H](COP(=O)([O-])OCC[N+](C)(C)C)OC(=O)CCCC/C=C/C/C=C/CCCCCCCC. The average Bonchev–Trinajstić information content (AvgIpc) is 3.15. The number of quaternary nitrogens is 1. The van der Waals surface area contributed by atoms with Crippen molar-refractivity contribution in [2.75, 3.05) is 47.5 Å². The number of allylic oxidation sites excluding steroid dienone is 8. The van der Waals surface area contributed by atoms with Gasteiger partial charge in [-0.1, -0.05) is 140 Å². The number of ether oxygens (including phenoxy) is 2. The number of hydrogen-bond donors (Lipinski definition) is 0. The van der Waals surface area contributed by atoms with Crippen molar-refractivity contribution in [1.82, 2.24) is 0 Å². The molecule has 0 heterocycles. The second-order valence-corrected chi connectivity index (χ2v) is 17.5.